The molecule has 0 aliphatic rings. The lowest BCUT2D eigenvalue weighted by Gasteiger charge is -2.09. The van der Waals surface area contributed by atoms with Crippen LogP contribution in [0, 0.1) is 5.82 Å². The molecular weight excluding hydrogens is 204 g/mol. The van der Waals surface area contributed by atoms with Crippen molar-refractivity contribution in [3.8, 4) is 0 Å². The third kappa shape index (κ3) is 1.92. The molecule has 1 heterocycles. The van der Waals surface area contributed by atoms with Gasteiger partial charge in [0.25, 0.3) is 0 Å². The van der Waals surface area contributed by atoms with Gasteiger partial charge in [-0.15, -0.1) is 0 Å². The molecule has 0 saturated heterocycles. The number of aliphatic hydroxyl groups is 1. The Morgan fingerprint density at radius 3 is 2.36 bits per heavy atom. The lowest BCUT2D eigenvalue weighted by molar-refractivity contribution is -0.141. The third-order valence-corrected chi connectivity index (χ3v) is 1.55. The number of aromatic nitrogens is 1. The van der Waals surface area contributed by atoms with Gasteiger partial charge < -0.3 is 10.8 Å². The van der Waals surface area contributed by atoms with Crippen LogP contribution in [0.25, 0.3) is 0 Å². The molecule has 0 amide bonds. The number of nitrogens with two attached hydrogens (primary N) is 1. The van der Waals surface area contributed by atoms with E-state index in [1.54, 1.807) is 0 Å². The van der Waals surface area contributed by atoms with Crippen molar-refractivity contribution >= 4 is 5.82 Å². The maximum atomic E-state index is 12.9. The number of pyridine rings is 1. The Morgan fingerprint density at radius 1 is 1.43 bits per heavy atom. The van der Waals surface area contributed by atoms with Crippen LogP contribution in [-0.2, 0) is 12.8 Å². The molecule has 0 aromatic carbocycles. The molecule has 3 nitrogen and oxygen atoms in total. The van der Waals surface area contributed by atoms with Gasteiger partial charge in [-0.05, 0) is 0 Å². The van der Waals surface area contributed by atoms with E-state index in [4.69, 9.17) is 10.8 Å². The molecule has 0 saturated carbocycles. The van der Waals surface area contributed by atoms with E-state index in [1.807, 2.05) is 0 Å². The van der Waals surface area contributed by atoms with Gasteiger partial charge in [-0.1, -0.05) is 0 Å². The standard InChI is InChI=1S/C7H6F4N2O/c8-4-1-5(7(9,10)11)13-6(12)3(4)2-14/h1,14H,2H2,(H2,12,13). The molecule has 0 spiro atoms. The van der Waals surface area contributed by atoms with Crippen LogP contribution >= 0.6 is 0 Å². The van der Waals surface area contributed by atoms with Crippen LogP contribution in [0.15, 0.2) is 6.07 Å². The molecule has 0 atom stereocenters. The van der Waals surface area contributed by atoms with Gasteiger partial charge in [0.05, 0.1) is 12.2 Å². The van der Waals surface area contributed by atoms with E-state index in [0.717, 1.165) is 0 Å². The van der Waals surface area contributed by atoms with Gasteiger partial charge in [-0.2, -0.15) is 13.2 Å². The summed E-state index contributed by atoms with van der Waals surface area (Å²) < 4.78 is 49.0. The largest absolute Gasteiger partial charge is 0.433 e. The molecule has 0 aliphatic heterocycles. The summed E-state index contributed by atoms with van der Waals surface area (Å²) in [5, 5.41) is 8.55. The van der Waals surface area contributed by atoms with E-state index >= 15 is 0 Å². The van der Waals surface area contributed by atoms with Gasteiger partial charge in [0, 0.05) is 6.07 Å². The van der Waals surface area contributed by atoms with E-state index in [2.05, 4.69) is 4.98 Å². The molecule has 0 radical (unpaired) electrons. The molecule has 1 aromatic heterocycles. The summed E-state index contributed by atoms with van der Waals surface area (Å²) in [6.45, 7) is -0.789. The molecule has 0 fully saturated rings. The summed E-state index contributed by atoms with van der Waals surface area (Å²) in [6.07, 6.45) is -4.75. The summed E-state index contributed by atoms with van der Waals surface area (Å²) in [5.41, 5.74) is 3.17. The minimum absolute atomic E-state index is 0.196. The SMILES string of the molecule is Nc1nc(C(F)(F)F)cc(F)c1CO. The van der Waals surface area contributed by atoms with Crippen LogP contribution < -0.4 is 5.73 Å². The highest BCUT2D eigenvalue weighted by Gasteiger charge is 2.34. The van der Waals surface area contributed by atoms with E-state index in [0.29, 0.717) is 0 Å². The molecule has 3 N–H and O–H groups in total. The summed E-state index contributed by atoms with van der Waals surface area (Å²) in [6, 6.07) is 0.196. The first-order valence-electron chi connectivity index (χ1n) is 3.49. The highest BCUT2D eigenvalue weighted by Crippen LogP contribution is 2.30. The molecule has 14 heavy (non-hydrogen) atoms. The number of aliphatic hydroxyl groups excluding tert-OH is 1. The van der Waals surface area contributed by atoms with Crippen LogP contribution in [0.2, 0.25) is 0 Å². The van der Waals surface area contributed by atoms with E-state index in [-0.39, 0.29) is 6.07 Å². The van der Waals surface area contributed by atoms with Crippen molar-refractivity contribution in [3.63, 3.8) is 0 Å². The van der Waals surface area contributed by atoms with E-state index < -0.39 is 35.7 Å². The van der Waals surface area contributed by atoms with Gasteiger partial charge in [-0.3, -0.25) is 0 Å². The maximum Gasteiger partial charge on any atom is 0.433 e. The Labute approximate surface area is 76.2 Å². The van der Waals surface area contributed by atoms with Crippen molar-refractivity contribution in [2.45, 2.75) is 12.8 Å². The van der Waals surface area contributed by atoms with Crippen molar-refractivity contribution in [1.29, 1.82) is 0 Å². The maximum absolute atomic E-state index is 12.9. The molecule has 0 bridgehead atoms. The van der Waals surface area contributed by atoms with Crippen LogP contribution in [0.3, 0.4) is 0 Å². The second-order valence-corrected chi connectivity index (χ2v) is 2.51. The Balaban J connectivity index is 3.28. The van der Waals surface area contributed by atoms with Gasteiger partial charge in [0.15, 0.2) is 0 Å². The predicted molar refractivity (Wildman–Crippen MR) is 39.5 cm³/mol. The highest BCUT2D eigenvalue weighted by molar-refractivity contribution is 5.41. The summed E-state index contributed by atoms with van der Waals surface area (Å²) in [5.74, 6) is -1.87. The second-order valence-electron chi connectivity index (χ2n) is 2.51. The predicted octanol–water partition coefficient (Wildman–Crippen LogP) is 1.31. The fraction of sp³-hybridized carbons (Fsp3) is 0.286. The highest BCUT2D eigenvalue weighted by atomic mass is 19.4. The van der Waals surface area contributed by atoms with Crippen LogP contribution in [0.4, 0.5) is 23.4 Å². The lowest BCUT2D eigenvalue weighted by atomic mass is 10.2. The zero-order chi connectivity index (χ0) is 10.9. The van der Waals surface area contributed by atoms with Crippen LogP contribution in [-0.4, -0.2) is 10.1 Å². The number of rotatable bonds is 1. The number of hydrogen-bond donors (Lipinski definition) is 2. The Bertz CT molecular complexity index is 327. The number of halogens is 4. The molecule has 0 unspecified atom stereocenters. The van der Waals surface area contributed by atoms with Crippen molar-refractivity contribution in [1.82, 2.24) is 4.98 Å². The first-order valence-corrected chi connectivity index (χ1v) is 3.49. The fourth-order valence-electron chi connectivity index (χ4n) is 0.861. The Hall–Kier alpha value is -1.37. The normalized spacial score (nSPS) is 11.8. The number of nitrogens with zero attached hydrogens (tertiary/aromatic N) is 1. The minimum atomic E-state index is -4.75. The average molecular weight is 210 g/mol. The first kappa shape index (κ1) is 10.7. The van der Waals surface area contributed by atoms with Crippen molar-refractivity contribution < 1.29 is 22.7 Å². The van der Waals surface area contributed by atoms with Crippen LogP contribution in [0.1, 0.15) is 11.3 Å². The average Bonchev–Trinajstić information content (AvgIpc) is 2.01. The fourth-order valence-corrected chi connectivity index (χ4v) is 0.861. The topological polar surface area (TPSA) is 59.1 Å². The quantitative estimate of drug-likeness (QED) is 0.687. The van der Waals surface area contributed by atoms with E-state index in [9.17, 15) is 17.6 Å². The molecule has 7 heteroatoms. The molecular formula is C7H6F4N2O. The number of nitrogen functional groups attached to an aromatic ring is 1. The van der Waals surface area contributed by atoms with Gasteiger partial charge in [0.2, 0.25) is 0 Å². The van der Waals surface area contributed by atoms with Crippen molar-refractivity contribution in [3.05, 3.63) is 23.1 Å². The van der Waals surface area contributed by atoms with Crippen LogP contribution in [0.5, 0.6) is 0 Å². The minimum Gasteiger partial charge on any atom is -0.391 e. The smallest absolute Gasteiger partial charge is 0.391 e. The van der Waals surface area contributed by atoms with E-state index in [1.165, 1.54) is 0 Å². The van der Waals surface area contributed by atoms with Crippen molar-refractivity contribution in [2.24, 2.45) is 0 Å². The second kappa shape index (κ2) is 3.41. The zero-order valence-electron chi connectivity index (χ0n) is 6.77. The molecule has 0 aliphatic carbocycles. The zero-order valence-corrected chi connectivity index (χ0v) is 6.77. The number of alkyl halides is 3. The molecule has 1 aromatic rings. The Kier molecular flexibility index (Phi) is 2.61. The molecule has 78 valence electrons. The number of anilines is 1. The molecule has 1 rings (SSSR count). The van der Waals surface area contributed by atoms with Crippen molar-refractivity contribution in [2.75, 3.05) is 5.73 Å². The monoisotopic (exact) mass is 210 g/mol. The summed E-state index contributed by atoms with van der Waals surface area (Å²) >= 11 is 0. The van der Waals surface area contributed by atoms with Gasteiger partial charge >= 0.3 is 6.18 Å². The van der Waals surface area contributed by atoms with Gasteiger partial charge in [-0.25, -0.2) is 9.37 Å². The summed E-state index contributed by atoms with van der Waals surface area (Å²) in [7, 11) is 0. The first-order chi connectivity index (χ1) is 6.36. The third-order valence-electron chi connectivity index (χ3n) is 1.55. The lowest BCUT2D eigenvalue weighted by Crippen LogP contribution is -2.12. The summed E-state index contributed by atoms with van der Waals surface area (Å²) in [4.78, 5) is 2.93. The van der Waals surface area contributed by atoms with Gasteiger partial charge in [0.1, 0.15) is 17.3 Å². The number of hydrogen-bond acceptors (Lipinski definition) is 3. The Morgan fingerprint density at radius 2 is 2.00 bits per heavy atom.